The van der Waals surface area contributed by atoms with Crippen LogP contribution >= 0.6 is 0 Å². The largest absolute Gasteiger partial charge is 0.451 e. The van der Waals surface area contributed by atoms with Crippen LogP contribution in [0.15, 0.2) is 63.9 Å². The van der Waals surface area contributed by atoms with E-state index in [0.717, 1.165) is 5.69 Å². The van der Waals surface area contributed by atoms with Gasteiger partial charge in [-0.15, -0.1) is 0 Å². The van der Waals surface area contributed by atoms with Crippen molar-refractivity contribution in [3.05, 3.63) is 76.4 Å². The number of aromatic nitrogens is 1. The molecule has 1 aliphatic heterocycles. The summed E-state index contributed by atoms with van der Waals surface area (Å²) in [7, 11) is 0. The first-order chi connectivity index (χ1) is 12.6. The van der Waals surface area contributed by atoms with Crippen LogP contribution in [0.2, 0.25) is 0 Å². The lowest BCUT2D eigenvalue weighted by atomic mass is 10.00. The summed E-state index contributed by atoms with van der Waals surface area (Å²) in [4.78, 5) is 30.8. The fourth-order valence-electron chi connectivity index (χ4n) is 3.37. The second kappa shape index (κ2) is 6.72. The second-order valence-electron chi connectivity index (χ2n) is 6.53. The molecule has 6 heteroatoms. The first-order valence-electron chi connectivity index (χ1n) is 8.52. The molecule has 0 bridgehead atoms. The Morgan fingerprint density at radius 1 is 1.19 bits per heavy atom. The number of pyridine rings is 1. The summed E-state index contributed by atoms with van der Waals surface area (Å²) in [6.45, 7) is 0.611. The van der Waals surface area contributed by atoms with Crippen molar-refractivity contribution in [1.82, 2.24) is 9.88 Å². The molecule has 1 saturated heterocycles. The van der Waals surface area contributed by atoms with E-state index in [2.05, 4.69) is 4.98 Å². The molecule has 1 amide bonds. The van der Waals surface area contributed by atoms with E-state index in [1.54, 1.807) is 30.5 Å². The fraction of sp³-hybridized carbons (Fsp3) is 0.250. The molecule has 2 aromatic heterocycles. The topological polar surface area (TPSA) is 83.6 Å². The van der Waals surface area contributed by atoms with E-state index in [1.165, 1.54) is 11.0 Å². The van der Waals surface area contributed by atoms with Crippen molar-refractivity contribution < 1.29 is 14.3 Å². The smallest absolute Gasteiger partial charge is 0.289 e. The van der Waals surface area contributed by atoms with E-state index in [0.29, 0.717) is 23.9 Å². The number of rotatable bonds is 3. The maximum Gasteiger partial charge on any atom is 0.289 e. The number of aliphatic hydroxyl groups excluding tert-OH is 1. The number of nitrogens with zero attached hydrogens (tertiary/aromatic N) is 2. The Labute approximate surface area is 149 Å². The van der Waals surface area contributed by atoms with E-state index in [4.69, 9.17) is 4.42 Å². The Hall–Kier alpha value is -2.99. The molecule has 6 nitrogen and oxygen atoms in total. The lowest BCUT2D eigenvalue weighted by Crippen LogP contribution is -2.30. The maximum absolute atomic E-state index is 12.8. The average Bonchev–Trinajstić information content (AvgIpc) is 3.02. The summed E-state index contributed by atoms with van der Waals surface area (Å²) in [5.74, 6) is -0.476. The Balaban J connectivity index is 1.55. The van der Waals surface area contributed by atoms with Crippen molar-refractivity contribution in [2.75, 3.05) is 13.1 Å². The molecule has 0 spiro atoms. The maximum atomic E-state index is 12.8. The number of benzene rings is 1. The number of β-amino-alcohol motifs (C(OH)–C–C–N with tert-alkyl or cyclic N) is 1. The summed E-state index contributed by atoms with van der Waals surface area (Å²) < 4.78 is 5.62. The number of aliphatic hydroxyl groups is 1. The highest BCUT2D eigenvalue weighted by Gasteiger charge is 2.35. The molecule has 2 atom stereocenters. The van der Waals surface area contributed by atoms with Crippen LogP contribution in [0.5, 0.6) is 0 Å². The van der Waals surface area contributed by atoms with Crippen LogP contribution in [-0.4, -0.2) is 40.1 Å². The zero-order chi connectivity index (χ0) is 18.1. The van der Waals surface area contributed by atoms with Crippen LogP contribution in [0.4, 0.5) is 0 Å². The third-order valence-electron chi connectivity index (χ3n) is 4.74. The van der Waals surface area contributed by atoms with Gasteiger partial charge in [0.25, 0.3) is 5.91 Å². The number of hydrogen-bond donors (Lipinski definition) is 1. The molecule has 1 fully saturated rings. The average molecular weight is 350 g/mol. The molecule has 132 valence electrons. The summed E-state index contributed by atoms with van der Waals surface area (Å²) in [5, 5.41) is 10.8. The summed E-state index contributed by atoms with van der Waals surface area (Å²) in [5.41, 5.74) is 1.01. The zero-order valence-corrected chi connectivity index (χ0v) is 14.0. The van der Waals surface area contributed by atoms with Gasteiger partial charge < -0.3 is 14.4 Å². The van der Waals surface area contributed by atoms with Gasteiger partial charge in [-0.2, -0.15) is 0 Å². The van der Waals surface area contributed by atoms with Crippen LogP contribution < -0.4 is 5.43 Å². The van der Waals surface area contributed by atoms with Crippen LogP contribution in [0.1, 0.15) is 16.2 Å². The van der Waals surface area contributed by atoms with Gasteiger partial charge >= 0.3 is 0 Å². The minimum Gasteiger partial charge on any atom is -0.451 e. The Morgan fingerprint density at radius 3 is 2.81 bits per heavy atom. The van der Waals surface area contributed by atoms with Crippen LogP contribution in [0.3, 0.4) is 0 Å². The number of hydrogen-bond acceptors (Lipinski definition) is 5. The number of para-hydroxylation sites is 1. The Kier molecular flexibility index (Phi) is 4.26. The van der Waals surface area contributed by atoms with Crippen molar-refractivity contribution in [1.29, 1.82) is 0 Å². The molecule has 0 radical (unpaired) electrons. The number of likely N-dealkylation sites (tertiary alicyclic amines) is 1. The molecule has 0 aliphatic carbocycles. The van der Waals surface area contributed by atoms with Crippen molar-refractivity contribution in [2.45, 2.75) is 12.5 Å². The van der Waals surface area contributed by atoms with Gasteiger partial charge in [0.15, 0.2) is 11.2 Å². The minimum atomic E-state index is -0.631. The lowest BCUT2D eigenvalue weighted by molar-refractivity contribution is 0.0734. The molecule has 1 aliphatic rings. The third-order valence-corrected chi connectivity index (χ3v) is 4.74. The minimum absolute atomic E-state index is 0.000568. The quantitative estimate of drug-likeness (QED) is 0.779. The molecule has 1 aromatic carbocycles. The first kappa shape index (κ1) is 16.5. The number of fused-ring (bicyclic) bond motifs is 1. The number of carbonyl (C=O) groups excluding carboxylic acids is 1. The molecule has 26 heavy (non-hydrogen) atoms. The molecule has 3 aromatic rings. The van der Waals surface area contributed by atoms with Crippen LogP contribution in [0, 0.1) is 5.92 Å². The van der Waals surface area contributed by atoms with Gasteiger partial charge in [-0.25, -0.2) is 0 Å². The van der Waals surface area contributed by atoms with Crippen molar-refractivity contribution in [2.24, 2.45) is 5.92 Å². The summed E-state index contributed by atoms with van der Waals surface area (Å²) in [6, 6.07) is 13.7. The SMILES string of the molecule is O=C(c1cc(=O)c2ccccc2o1)N1C[C@@H](Cc2ccccn2)[C@H](O)C1. The van der Waals surface area contributed by atoms with E-state index in [-0.39, 0.29) is 29.6 Å². The predicted molar refractivity (Wildman–Crippen MR) is 95.8 cm³/mol. The normalized spacial score (nSPS) is 19.8. The molecule has 1 N–H and O–H groups in total. The van der Waals surface area contributed by atoms with Gasteiger partial charge in [0.05, 0.1) is 11.5 Å². The Bertz CT molecular complexity index is 999. The predicted octanol–water partition coefficient (Wildman–Crippen LogP) is 1.86. The molecular formula is C20H18N2O4. The third kappa shape index (κ3) is 3.11. The van der Waals surface area contributed by atoms with Gasteiger partial charge in [0, 0.05) is 37.0 Å². The molecule has 0 saturated carbocycles. The molecule has 0 unspecified atom stereocenters. The molecule has 4 rings (SSSR count). The molecule has 3 heterocycles. The Morgan fingerprint density at radius 2 is 2.00 bits per heavy atom. The van der Waals surface area contributed by atoms with Crippen molar-refractivity contribution in [3.63, 3.8) is 0 Å². The zero-order valence-electron chi connectivity index (χ0n) is 14.0. The van der Waals surface area contributed by atoms with Crippen molar-refractivity contribution in [3.8, 4) is 0 Å². The van der Waals surface area contributed by atoms with E-state index in [1.807, 2.05) is 18.2 Å². The highest BCUT2D eigenvalue weighted by Crippen LogP contribution is 2.23. The lowest BCUT2D eigenvalue weighted by Gasteiger charge is -2.15. The van der Waals surface area contributed by atoms with E-state index < -0.39 is 6.10 Å². The summed E-state index contributed by atoms with van der Waals surface area (Å²) >= 11 is 0. The highest BCUT2D eigenvalue weighted by molar-refractivity contribution is 5.93. The van der Waals surface area contributed by atoms with Gasteiger partial charge in [-0.1, -0.05) is 18.2 Å². The van der Waals surface area contributed by atoms with E-state index in [9.17, 15) is 14.7 Å². The monoisotopic (exact) mass is 350 g/mol. The second-order valence-corrected chi connectivity index (χ2v) is 6.53. The standard InChI is InChI=1S/C20H18N2O4/c23-16-10-19(26-18-7-2-1-6-15(16)18)20(25)22-11-13(17(24)12-22)9-14-5-3-4-8-21-14/h1-8,10,13,17,24H,9,11-12H2/t13-,17-/m1/s1. The van der Waals surface area contributed by atoms with Gasteiger partial charge in [-0.05, 0) is 30.7 Å². The van der Waals surface area contributed by atoms with Crippen LogP contribution in [0.25, 0.3) is 11.0 Å². The molecular weight excluding hydrogens is 332 g/mol. The van der Waals surface area contributed by atoms with Gasteiger partial charge in [0.2, 0.25) is 0 Å². The van der Waals surface area contributed by atoms with Gasteiger partial charge in [-0.3, -0.25) is 14.6 Å². The first-order valence-corrected chi connectivity index (χ1v) is 8.52. The van der Waals surface area contributed by atoms with Gasteiger partial charge in [0.1, 0.15) is 5.58 Å². The van der Waals surface area contributed by atoms with E-state index >= 15 is 0 Å². The van der Waals surface area contributed by atoms with Crippen molar-refractivity contribution >= 4 is 16.9 Å². The highest BCUT2D eigenvalue weighted by atomic mass is 16.3. The number of amides is 1. The fourth-order valence-corrected chi connectivity index (χ4v) is 3.37. The van der Waals surface area contributed by atoms with Crippen LogP contribution in [-0.2, 0) is 6.42 Å². The number of carbonyl (C=O) groups is 1. The summed E-state index contributed by atoms with van der Waals surface area (Å²) in [6.07, 6.45) is 1.67.